The van der Waals surface area contributed by atoms with Crippen molar-refractivity contribution in [3.05, 3.63) is 38.3 Å². The second kappa shape index (κ2) is 4.19. The molecule has 1 aromatic rings. The normalized spacial score (nSPS) is 9.79. The zero-order chi connectivity index (χ0) is 10.7. The predicted octanol–water partition coefficient (Wildman–Crippen LogP) is 1.39. The van der Waals surface area contributed by atoms with Crippen LogP contribution >= 0.6 is 15.9 Å². The first-order chi connectivity index (χ1) is 6.50. The molecule has 0 saturated carbocycles. The van der Waals surface area contributed by atoms with Gasteiger partial charge in [0.2, 0.25) is 5.91 Å². The Hall–Kier alpha value is -1.43. The number of carbonyl (C=O) groups is 1. The van der Waals surface area contributed by atoms with Crippen LogP contribution in [0.2, 0.25) is 0 Å². The molecule has 0 bridgehead atoms. The van der Waals surface area contributed by atoms with Crippen molar-refractivity contribution in [3.8, 4) is 0 Å². The van der Waals surface area contributed by atoms with Crippen molar-refractivity contribution in [1.29, 1.82) is 0 Å². The third-order valence-electron chi connectivity index (χ3n) is 1.59. The fourth-order valence-electron chi connectivity index (χ4n) is 1.01. The Kier molecular flexibility index (Phi) is 3.19. The Morgan fingerprint density at radius 2 is 2.21 bits per heavy atom. The number of nitrogens with zero attached hydrogens (tertiary/aromatic N) is 1. The van der Waals surface area contributed by atoms with Gasteiger partial charge in [0, 0.05) is 6.07 Å². The highest BCUT2D eigenvalue weighted by Crippen LogP contribution is 2.25. The quantitative estimate of drug-likeness (QED) is 0.657. The van der Waals surface area contributed by atoms with Crippen LogP contribution < -0.4 is 5.73 Å². The molecule has 14 heavy (non-hydrogen) atoms. The van der Waals surface area contributed by atoms with Gasteiger partial charge in [0.1, 0.15) is 0 Å². The van der Waals surface area contributed by atoms with Crippen molar-refractivity contribution < 1.29 is 9.72 Å². The van der Waals surface area contributed by atoms with Crippen molar-refractivity contribution in [1.82, 2.24) is 0 Å². The molecule has 0 aliphatic carbocycles. The second-order valence-corrected chi connectivity index (χ2v) is 3.54. The number of halogens is 1. The number of nitro groups is 1. The maximum absolute atomic E-state index is 10.6. The molecule has 0 aliphatic heterocycles. The highest BCUT2D eigenvalue weighted by molar-refractivity contribution is 9.10. The summed E-state index contributed by atoms with van der Waals surface area (Å²) >= 11 is 3.04. The summed E-state index contributed by atoms with van der Waals surface area (Å²) in [6.07, 6.45) is 0.00806. The molecule has 0 saturated heterocycles. The van der Waals surface area contributed by atoms with Crippen molar-refractivity contribution in [2.45, 2.75) is 6.42 Å². The number of rotatable bonds is 3. The zero-order valence-corrected chi connectivity index (χ0v) is 8.65. The van der Waals surface area contributed by atoms with E-state index in [1.54, 1.807) is 6.07 Å². The number of hydrogen-bond donors (Lipinski definition) is 1. The average Bonchev–Trinajstić information content (AvgIpc) is 2.07. The molecular weight excluding hydrogens is 252 g/mol. The van der Waals surface area contributed by atoms with E-state index < -0.39 is 10.8 Å². The molecule has 0 aliphatic rings. The fourth-order valence-corrected chi connectivity index (χ4v) is 1.40. The minimum absolute atomic E-state index is 0.00806. The predicted molar refractivity (Wildman–Crippen MR) is 53.7 cm³/mol. The average molecular weight is 259 g/mol. The molecule has 1 aromatic carbocycles. The maximum atomic E-state index is 10.6. The van der Waals surface area contributed by atoms with E-state index in [4.69, 9.17) is 5.73 Å². The third kappa shape index (κ3) is 2.53. The van der Waals surface area contributed by atoms with Crippen LogP contribution in [0.5, 0.6) is 0 Å². The molecule has 0 unspecified atom stereocenters. The van der Waals surface area contributed by atoms with E-state index in [1.165, 1.54) is 12.1 Å². The van der Waals surface area contributed by atoms with Gasteiger partial charge in [-0.3, -0.25) is 14.9 Å². The molecule has 2 N–H and O–H groups in total. The number of benzene rings is 1. The second-order valence-electron chi connectivity index (χ2n) is 2.69. The van der Waals surface area contributed by atoms with Gasteiger partial charge in [-0.15, -0.1) is 0 Å². The van der Waals surface area contributed by atoms with Gasteiger partial charge in [0.05, 0.1) is 15.8 Å². The molecular formula is C8H7BrN2O3. The maximum Gasteiger partial charge on any atom is 0.283 e. The molecule has 0 aromatic heterocycles. The van der Waals surface area contributed by atoms with Crippen LogP contribution in [0, 0.1) is 10.1 Å². The van der Waals surface area contributed by atoms with Crippen molar-refractivity contribution in [2.24, 2.45) is 5.73 Å². The standard InChI is InChI=1S/C8H7BrN2O3/c9-6-2-1-5(4-8(10)12)3-7(6)11(13)14/h1-3H,4H2,(H2,10,12). The lowest BCUT2D eigenvalue weighted by atomic mass is 10.1. The lowest BCUT2D eigenvalue weighted by molar-refractivity contribution is -0.385. The van der Waals surface area contributed by atoms with E-state index in [-0.39, 0.29) is 12.1 Å². The summed E-state index contributed by atoms with van der Waals surface area (Å²) in [4.78, 5) is 20.6. The van der Waals surface area contributed by atoms with Crippen LogP contribution in [-0.2, 0) is 11.2 Å². The number of hydrogen-bond acceptors (Lipinski definition) is 3. The van der Waals surface area contributed by atoms with E-state index in [1.807, 2.05) is 0 Å². The first-order valence-electron chi connectivity index (χ1n) is 3.72. The van der Waals surface area contributed by atoms with E-state index in [0.29, 0.717) is 10.0 Å². The highest BCUT2D eigenvalue weighted by Gasteiger charge is 2.12. The molecule has 0 heterocycles. The van der Waals surface area contributed by atoms with E-state index in [0.717, 1.165) is 0 Å². The van der Waals surface area contributed by atoms with Crippen LogP contribution in [0.25, 0.3) is 0 Å². The molecule has 0 fully saturated rings. The number of nitrogens with two attached hydrogens (primary N) is 1. The Labute approximate surface area is 88.2 Å². The van der Waals surface area contributed by atoms with Crippen molar-refractivity contribution in [2.75, 3.05) is 0 Å². The Morgan fingerprint density at radius 1 is 1.57 bits per heavy atom. The summed E-state index contributed by atoms with van der Waals surface area (Å²) in [5, 5.41) is 10.5. The van der Waals surface area contributed by atoms with Crippen LogP contribution in [0.15, 0.2) is 22.7 Å². The van der Waals surface area contributed by atoms with E-state index in [2.05, 4.69) is 15.9 Å². The molecule has 1 amide bonds. The van der Waals surface area contributed by atoms with Crippen molar-refractivity contribution in [3.63, 3.8) is 0 Å². The summed E-state index contributed by atoms with van der Waals surface area (Å²) in [6, 6.07) is 4.47. The third-order valence-corrected chi connectivity index (χ3v) is 2.26. The lowest BCUT2D eigenvalue weighted by Crippen LogP contribution is -2.13. The number of primary amides is 1. The molecule has 74 valence electrons. The number of nitro benzene ring substituents is 1. The van der Waals surface area contributed by atoms with Gasteiger partial charge in [-0.05, 0) is 27.6 Å². The minimum Gasteiger partial charge on any atom is -0.369 e. The van der Waals surface area contributed by atoms with Gasteiger partial charge in [0.15, 0.2) is 0 Å². The molecule has 6 heteroatoms. The summed E-state index contributed by atoms with van der Waals surface area (Å²) in [5.41, 5.74) is 5.44. The molecule has 0 radical (unpaired) electrons. The summed E-state index contributed by atoms with van der Waals surface area (Å²) in [7, 11) is 0. The Balaban J connectivity index is 3.06. The molecule has 1 rings (SSSR count). The van der Waals surface area contributed by atoms with Crippen LogP contribution in [0.1, 0.15) is 5.56 Å². The smallest absolute Gasteiger partial charge is 0.283 e. The Bertz CT molecular complexity index is 392. The monoisotopic (exact) mass is 258 g/mol. The summed E-state index contributed by atoms with van der Waals surface area (Å²) in [6.45, 7) is 0. The first-order valence-corrected chi connectivity index (χ1v) is 4.51. The molecule has 0 spiro atoms. The lowest BCUT2D eigenvalue weighted by Gasteiger charge is -1.99. The molecule has 5 nitrogen and oxygen atoms in total. The van der Waals surface area contributed by atoms with Gasteiger partial charge in [-0.25, -0.2) is 0 Å². The van der Waals surface area contributed by atoms with Gasteiger partial charge >= 0.3 is 0 Å². The number of carbonyl (C=O) groups excluding carboxylic acids is 1. The fraction of sp³-hybridized carbons (Fsp3) is 0.125. The van der Waals surface area contributed by atoms with Crippen LogP contribution in [0.3, 0.4) is 0 Å². The van der Waals surface area contributed by atoms with Gasteiger partial charge in [-0.2, -0.15) is 0 Å². The van der Waals surface area contributed by atoms with E-state index in [9.17, 15) is 14.9 Å². The highest BCUT2D eigenvalue weighted by atomic mass is 79.9. The molecule has 0 atom stereocenters. The van der Waals surface area contributed by atoms with Crippen LogP contribution in [0.4, 0.5) is 5.69 Å². The number of amides is 1. The Morgan fingerprint density at radius 3 is 2.71 bits per heavy atom. The minimum atomic E-state index is -0.519. The summed E-state index contributed by atoms with van der Waals surface area (Å²) < 4.78 is 0.385. The topological polar surface area (TPSA) is 86.2 Å². The summed E-state index contributed by atoms with van der Waals surface area (Å²) in [5.74, 6) is -0.512. The van der Waals surface area contributed by atoms with Gasteiger partial charge in [0.25, 0.3) is 5.69 Å². The first kappa shape index (κ1) is 10.6. The van der Waals surface area contributed by atoms with Gasteiger partial charge in [-0.1, -0.05) is 6.07 Å². The van der Waals surface area contributed by atoms with E-state index >= 15 is 0 Å². The largest absolute Gasteiger partial charge is 0.369 e. The van der Waals surface area contributed by atoms with Crippen LogP contribution in [-0.4, -0.2) is 10.8 Å². The zero-order valence-electron chi connectivity index (χ0n) is 7.07. The SMILES string of the molecule is NC(=O)Cc1ccc(Br)c([N+](=O)[O-])c1. The van der Waals surface area contributed by atoms with Crippen molar-refractivity contribution >= 4 is 27.5 Å². The van der Waals surface area contributed by atoms with Gasteiger partial charge < -0.3 is 5.73 Å².